The first kappa shape index (κ1) is 15.3. The number of likely N-dealkylation sites (tertiary alicyclic amines) is 1. The number of anilines is 1. The Labute approximate surface area is 123 Å². The van der Waals surface area contributed by atoms with Crippen molar-refractivity contribution in [2.24, 2.45) is 0 Å². The lowest BCUT2D eigenvalue weighted by molar-refractivity contribution is -0.132. The molecule has 1 fully saturated rings. The molecule has 0 bridgehead atoms. The quantitative estimate of drug-likeness (QED) is 0.882. The molecule has 0 aliphatic carbocycles. The van der Waals surface area contributed by atoms with Gasteiger partial charge < -0.3 is 14.7 Å². The molecule has 6 heteroatoms. The second-order valence-electron chi connectivity index (χ2n) is 5.10. The molecule has 1 aliphatic rings. The standard InChI is InChI=1S/C15H20N2O4/c1-21-15(20)16-12-4-2-11(3-5-12)10-14(19)17-8-6-13(18)7-9-17/h2-5,13,18H,6-10H2,1H3,(H,16,20). The zero-order valence-corrected chi connectivity index (χ0v) is 12.0. The number of aliphatic hydroxyl groups excluding tert-OH is 1. The number of hydrogen-bond acceptors (Lipinski definition) is 4. The van der Waals surface area contributed by atoms with Gasteiger partial charge in [0, 0.05) is 18.8 Å². The maximum Gasteiger partial charge on any atom is 0.411 e. The van der Waals surface area contributed by atoms with Crippen LogP contribution in [-0.2, 0) is 16.0 Å². The summed E-state index contributed by atoms with van der Waals surface area (Å²) >= 11 is 0. The number of rotatable bonds is 3. The van der Waals surface area contributed by atoms with Gasteiger partial charge in [0.2, 0.25) is 5.91 Å². The van der Waals surface area contributed by atoms with E-state index in [9.17, 15) is 14.7 Å². The molecule has 1 aromatic rings. The molecule has 2 rings (SSSR count). The fraction of sp³-hybridized carbons (Fsp3) is 0.467. The van der Waals surface area contributed by atoms with Crippen LogP contribution in [0.1, 0.15) is 18.4 Å². The molecule has 0 unspecified atom stereocenters. The summed E-state index contributed by atoms with van der Waals surface area (Å²) in [5, 5.41) is 12.0. The molecule has 1 heterocycles. The number of nitrogens with zero attached hydrogens (tertiary/aromatic N) is 1. The minimum Gasteiger partial charge on any atom is -0.453 e. The zero-order valence-electron chi connectivity index (χ0n) is 12.0. The summed E-state index contributed by atoms with van der Waals surface area (Å²) in [6, 6.07) is 7.09. The number of carbonyl (C=O) groups excluding carboxylic acids is 2. The fourth-order valence-corrected chi connectivity index (χ4v) is 2.28. The normalized spacial score (nSPS) is 15.6. The average molecular weight is 292 g/mol. The van der Waals surface area contributed by atoms with Crippen LogP contribution in [0, 0.1) is 0 Å². The van der Waals surface area contributed by atoms with Gasteiger partial charge in [0.05, 0.1) is 19.6 Å². The number of hydrogen-bond donors (Lipinski definition) is 2. The Morgan fingerprint density at radius 1 is 1.29 bits per heavy atom. The number of nitrogens with one attached hydrogen (secondary N) is 1. The van der Waals surface area contributed by atoms with Crippen LogP contribution in [0.25, 0.3) is 0 Å². The monoisotopic (exact) mass is 292 g/mol. The van der Waals surface area contributed by atoms with Crippen molar-refractivity contribution in [3.63, 3.8) is 0 Å². The van der Waals surface area contributed by atoms with Crippen LogP contribution in [0.15, 0.2) is 24.3 Å². The highest BCUT2D eigenvalue weighted by atomic mass is 16.5. The predicted octanol–water partition coefficient (Wildman–Crippen LogP) is 1.39. The molecule has 0 spiro atoms. The van der Waals surface area contributed by atoms with E-state index in [1.54, 1.807) is 17.0 Å². The number of piperidine rings is 1. The molecule has 114 valence electrons. The van der Waals surface area contributed by atoms with E-state index in [0.29, 0.717) is 38.0 Å². The smallest absolute Gasteiger partial charge is 0.411 e. The zero-order chi connectivity index (χ0) is 15.2. The van der Waals surface area contributed by atoms with Crippen LogP contribution in [0.5, 0.6) is 0 Å². The van der Waals surface area contributed by atoms with Crippen LogP contribution in [0.3, 0.4) is 0 Å². The molecule has 21 heavy (non-hydrogen) atoms. The van der Waals surface area contributed by atoms with Gasteiger partial charge >= 0.3 is 6.09 Å². The second-order valence-corrected chi connectivity index (χ2v) is 5.10. The number of benzene rings is 1. The van der Waals surface area contributed by atoms with Crippen LogP contribution in [0.4, 0.5) is 10.5 Å². The summed E-state index contributed by atoms with van der Waals surface area (Å²) in [4.78, 5) is 25.0. The third-order valence-corrected chi connectivity index (χ3v) is 3.56. The Morgan fingerprint density at radius 2 is 1.90 bits per heavy atom. The Balaban J connectivity index is 1.88. The minimum atomic E-state index is -0.522. The highest BCUT2D eigenvalue weighted by Gasteiger charge is 2.21. The summed E-state index contributed by atoms with van der Waals surface area (Å²) in [5.41, 5.74) is 1.51. The third-order valence-electron chi connectivity index (χ3n) is 3.56. The van der Waals surface area contributed by atoms with Crippen molar-refractivity contribution >= 4 is 17.7 Å². The van der Waals surface area contributed by atoms with E-state index in [4.69, 9.17) is 0 Å². The molecule has 1 aliphatic heterocycles. The summed E-state index contributed by atoms with van der Waals surface area (Å²) in [5.74, 6) is 0.0653. The number of amides is 2. The molecule has 6 nitrogen and oxygen atoms in total. The molecule has 0 aromatic heterocycles. The van der Waals surface area contributed by atoms with E-state index >= 15 is 0 Å². The summed E-state index contributed by atoms with van der Waals surface area (Å²) in [6.07, 6.45) is 0.819. The summed E-state index contributed by atoms with van der Waals surface area (Å²) in [7, 11) is 1.30. The van der Waals surface area contributed by atoms with Gasteiger partial charge in [0.1, 0.15) is 0 Å². The molecule has 2 N–H and O–H groups in total. The van der Waals surface area contributed by atoms with E-state index in [2.05, 4.69) is 10.1 Å². The highest BCUT2D eigenvalue weighted by Crippen LogP contribution is 2.14. The molecule has 0 saturated carbocycles. The largest absolute Gasteiger partial charge is 0.453 e. The van der Waals surface area contributed by atoms with Crippen molar-refractivity contribution in [3.05, 3.63) is 29.8 Å². The molecular formula is C15H20N2O4. The highest BCUT2D eigenvalue weighted by molar-refractivity contribution is 5.84. The first-order chi connectivity index (χ1) is 10.1. The van der Waals surface area contributed by atoms with E-state index in [1.807, 2.05) is 12.1 Å². The SMILES string of the molecule is COC(=O)Nc1ccc(CC(=O)N2CCC(O)CC2)cc1. The molecule has 2 amide bonds. The van der Waals surface area contributed by atoms with Gasteiger partial charge in [-0.15, -0.1) is 0 Å². The maximum atomic E-state index is 12.1. The minimum absolute atomic E-state index is 0.0653. The Morgan fingerprint density at radius 3 is 2.48 bits per heavy atom. The van der Waals surface area contributed by atoms with Crippen LogP contribution < -0.4 is 5.32 Å². The van der Waals surface area contributed by atoms with Crippen LogP contribution in [-0.4, -0.2) is 48.3 Å². The van der Waals surface area contributed by atoms with E-state index in [0.717, 1.165) is 5.56 Å². The fourth-order valence-electron chi connectivity index (χ4n) is 2.28. The van der Waals surface area contributed by atoms with E-state index < -0.39 is 6.09 Å². The lowest BCUT2D eigenvalue weighted by Crippen LogP contribution is -2.40. The molecule has 0 atom stereocenters. The summed E-state index contributed by atoms with van der Waals surface area (Å²) < 4.78 is 4.51. The molecule has 1 saturated heterocycles. The van der Waals surface area contributed by atoms with Crippen LogP contribution in [0.2, 0.25) is 0 Å². The van der Waals surface area contributed by atoms with Gasteiger partial charge in [-0.25, -0.2) is 4.79 Å². The van der Waals surface area contributed by atoms with Crippen molar-refractivity contribution in [1.82, 2.24) is 4.90 Å². The van der Waals surface area contributed by atoms with Gasteiger partial charge in [0.15, 0.2) is 0 Å². The number of ether oxygens (including phenoxy) is 1. The lowest BCUT2D eigenvalue weighted by Gasteiger charge is -2.29. The Bertz CT molecular complexity index is 493. The summed E-state index contributed by atoms with van der Waals surface area (Å²) in [6.45, 7) is 1.23. The second kappa shape index (κ2) is 7.08. The third kappa shape index (κ3) is 4.46. The van der Waals surface area contributed by atoms with Crippen molar-refractivity contribution in [1.29, 1.82) is 0 Å². The molecular weight excluding hydrogens is 272 g/mol. The van der Waals surface area contributed by atoms with Crippen LogP contribution >= 0.6 is 0 Å². The van der Waals surface area contributed by atoms with Crippen molar-refractivity contribution in [2.45, 2.75) is 25.4 Å². The Hall–Kier alpha value is -2.08. The first-order valence-corrected chi connectivity index (χ1v) is 6.98. The van der Waals surface area contributed by atoms with Gasteiger partial charge in [0.25, 0.3) is 0 Å². The number of carbonyl (C=O) groups is 2. The Kier molecular flexibility index (Phi) is 5.16. The van der Waals surface area contributed by atoms with Gasteiger partial charge in [-0.05, 0) is 30.5 Å². The predicted molar refractivity (Wildman–Crippen MR) is 78.0 cm³/mol. The van der Waals surface area contributed by atoms with E-state index in [1.165, 1.54) is 7.11 Å². The number of methoxy groups -OCH3 is 1. The van der Waals surface area contributed by atoms with Crippen molar-refractivity contribution in [3.8, 4) is 0 Å². The van der Waals surface area contributed by atoms with E-state index in [-0.39, 0.29) is 12.0 Å². The molecule has 0 radical (unpaired) electrons. The topological polar surface area (TPSA) is 78.9 Å². The van der Waals surface area contributed by atoms with Gasteiger partial charge in [-0.2, -0.15) is 0 Å². The van der Waals surface area contributed by atoms with Crippen molar-refractivity contribution in [2.75, 3.05) is 25.5 Å². The molecule has 1 aromatic carbocycles. The maximum absolute atomic E-state index is 12.1. The number of aliphatic hydroxyl groups is 1. The van der Waals surface area contributed by atoms with Gasteiger partial charge in [-0.3, -0.25) is 10.1 Å². The first-order valence-electron chi connectivity index (χ1n) is 6.98. The lowest BCUT2D eigenvalue weighted by atomic mass is 10.1. The van der Waals surface area contributed by atoms with Crippen molar-refractivity contribution < 1.29 is 19.4 Å². The average Bonchev–Trinajstić information content (AvgIpc) is 2.49. The van der Waals surface area contributed by atoms with Gasteiger partial charge in [-0.1, -0.05) is 12.1 Å².